The van der Waals surface area contributed by atoms with Crippen LogP contribution in [-0.2, 0) is 11.0 Å². The summed E-state index contributed by atoms with van der Waals surface area (Å²) in [4.78, 5) is 14.0. The SMILES string of the molecule is O=C(O)C1CCCN1C(c1cccc(C(F)(F)F)c1)c1ccc(Cl)s1. The summed E-state index contributed by atoms with van der Waals surface area (Å²) in [6.45, 7) is 0.507. The average Bonchev–Trinajstić information content (AvgIpc) is 3.17. The molecule has 0 bridgehead atoms. The molecule has 2 atom stereocenters. The highest BCUT2D eigenvalue weighted by molar-refractivity contribution is 7.16. The van der Waals surface area contributed by atoms with Crippen molar-refractivity contribution in [3.8, 4) is 0 Å². The Labute approximate surface area is 151 Å². The lowest BCUT2D eigenvalue weighted by molar-refractivity contribution is -0.143. The molecule has 25 heavy (non-hydrogen) atoms. The Kier molecular flexibility index (Phi) is 5.09. The van der Waals surface area contributed by atoms with E-state index >= 15 is 0 Å². The molecule has 3 rings (SSSR count). The second kappa shape index (κ2) is 6.97. The van der Waals surface area contributed by atoms with Crippen molar-refractivity contribution in [3.63, 3.8) is 0 Å². The van der Waals surface area contributed by atoms with Crippen LogP contribution in [0.4, 0.5) is 13.2 Å². The fraction of sp³-hybridized carbons (Fsp3) is 0.353. The van der Waals surface area contributed by atoms with Crippen molar-refractivity contribution in [1.82, 2.24) is 4.90 Å². The van der Waals surface area contributed by atoms with E-state index < -0.39 is 29.8 Å². The summed E-state index contributed by atoms with van der Waals surface area (Å²) in [7, 11) is 0. The Morgan fingerprint density at radius 2 is 2.08 bits per heavy atom. The maximum absolute atomic E-state index is 13.1. The van der Waals surface area contributed by atoms with Crippen LogP contribution < -0.4 is 0 Å². The number of carboxylic acids is 1. The van der Waals surface area contributed by atoms with Crippen LogP contribution in [0.25, 0.3) is 0 Å². The first-order valence-corrected chi connectivity index (χ1v) is 8.88. The minimum absolute atomic E-state index is 0.418. The third-order valence-corrected chi connectivity index (χ3v) is 5.59. The van der Waals surface area contributed by atoms with Crippen LogP contribution in [0.3, 0.4) is 0 Å². The number of rotatable bonds is 4. The van der Waals surface area contributed by atoms with Gasteiger partial charge in [0.05, 0.1) is 15.9 Å². The second-order valence-electron chi connectivity index (χ2n) is 5.90. The van der Waals surface area contributed by atoms with E-state index in [2.05, 4.69) is 0 Å². The van der Waals surface area contributed by atoms with Crippen LogP contribution in [-0.4, -0.2) is 28.6 Å². The van der Waals surface area contributed by atoms with Gasteiger partial charge in [-0.15, -0.1) is 11.3 Å². The summed E-state index contributed by atoms with van der Waals surface area (Å²) in [6.07, 6.45) is -3.29. The number of likely N-dealkylation sites (tertiary alicyclic amines) is 1. The van der Waals surface area contributed by atoms with E-state index in [1.807, 2.05) is 0 Å². The van der Waals surface area contributed by atoms with Crippen LogP contribution in [0.15, 0.2) is 36.4 Å². The number of hydrogen-bond donors (Lipinski definition) is 1. The van der Waals surface area contributed by atoms with E-state index in [-0.39, 0.29) is 0 Å². The largest absolute Gasteiger partial charge is 0.480 e. The number of halogens is 4. The van der Waals surface area contributed by atoms with Crippen LogP contribution in [0, 0.1) is 0 Å². The average molecular weight is 390 g/mol. The number of alkyl halides is 3. The Bertz CT molecular complexity index is 777. The van der Waals surface area contributed by atoms with Gasteiger partial charge in [0.2, 0.25) is 0 Å². The second-order valence-corrected chi connectivity index (χ2v) is 7.65. The molecule has 3 nitrogen and oxygen atoms in total. The maximum Gasteiger partial charge on any atom is 0.416 e. The number of carboxylic acid groups (broad SMARTS) is 1. The van der Waals surface area contributed by atoms with Crippen LogP contribution in [0.5, 0.6) is 0 Å². The lowest BCUT2D eigenvalue weighted by Crippen LogP contribution is -2.39. The Hall–Kier alpha value is -1.57. The molecule has 0 amide bonds. The zero-order valence-electron chi connectivity index (χ0n) is 13.0. The highest BCUT2D eigenvalue weighted by atomic mass is 35.5. The number of nitrogens with zero attached hydrogens (tertiary/aromatic N) is 1. The molecule has 2 unspecified atom stereocenters. The van der Waals surface area contributed by atoms with Crippen molar-refractivity contribution >= 4 is 28.9 Å². The topological polar surface area (TPSA) is 40.5 Å². The van der Waals surface area contributed by atoms with Crippen LogP contribution in [0.1, 0.15) is 34.9 Å². The van der Waals surface area contributed by atoms with Gasteiger partial charge in [-0.05, 0) is 42.7 Å². The molecule has 0 saturated carbocycles. The fourth-order valence-corrected chi connectivity index (χ4v) is 4.45. The van der Waals surface area contributed by atoms with E-state index in [9.17, 15) is 23.1 Å². The van der Waals surface area contributed by atoms with Gasteiger partial charge in [0.1, 0.15) is 6.04 Å². The summed E-state index contributed by atoms with van der Waals surface area (Å²) < 4.78 is 39.8. The lowest BCUT2D eigenvalue weighted by atomic mass is 10.00. The number of aliphatic carboxylic acids is 1. The quantitative estimate of drug-likeness (QED) is 0.794. The summed E-state index contributed by atoms with van der Waals surface area (Å²) in [5.74, 6) is -0.961. The van der Waals surface area contributed by atoms with Gasteiger partial charge >= 0.3 is 12.1 Å². The van der Waals surface area contributed by atoms with E-state index in [0.717, 1.165) is 17.0 Å². The molecule has 2 aromatic rings. The van der Waals surface area contributed by atoms with Gasteiger partial charge in [0.25, 0.3) is 0 Å². The maximum atomic E-state index is 13.1. The van der Waals surface area contributed by atoms with Gasteiger partial charge in [0.15, 0.2) is 0 Å². The summed E-state index contributed by atoms with van der Waals surface area (Å²) in [5, 5.41) is 9.47. The Morgan fingerprint density at radius 1 is 1.32 bits per heavy atom. The molecule has 1 aromatic carbocycles. The first-order chi connectivity index (χ1) is 11.8. The number of carbonyl (C=O) groups is 1. The van der Waals surface area contributed by atoms with Crippen molar-refractivity contribution in [2.45, 2.75) is 31.1 Å². The van der Waals surface area contributed by atoms with Gasteiger partial charge < -0.3 is 5.11 Å². The molecule has 2 heterocycles. The molecule has 1 aromatic heterocycles. The normalized spacial score (nSPS) is 19.9. The molecule has 0 radical (unpaired) electrons. The van der Waals surface area contributed by atoms with E-state index in [4.69, 9.17) is 11.6 Å². The van der Waals surface area contributed by atoms with Crippen molar-refractivity contribution < 1.29 is 23.1 Å². The summed E-state index contributed by atoms with van der Waals surface area (Å²) in [6, 6.07) is 7.19. The van der Waals surface area contributed by atoms with E-state index in [1.165, 1.54) is 17.4 Å². The molecular formula is C17H15ClF3NO2S. The highest BCUT2D eigenvalue weighted by Crippen LogP contribution is 2.40. The first-order valence-electron chi connectivity index (χ1n) is 7.68. The zero-order chi connectivity index (χ0) is 18.2. The molecule has 1 saturated heterocycles. The molecule has 1 N–H and O–H groups in total. The summed E-state index contributed by atoms with van der Waals surface area (Å²) >= 11 is 7.26. The lowest BCUT2D eigenvalue weighted by Gasteiger charge is -2.31. The van der Waals surface area contributed by atoms with Crippen LogP contribution >= 0.6 is 22.9 Å². The minimum Gasteiger partial charge on any atom is -0.480 e. The van der Waals surface area contributed by atoms with Gasteiger partial charge in [-0.3, -0.25) is 9.69 Å². The predicted molar refractivity (Wildman–Crippen MR) is 90.0 cm³/mol. The van der Waals surface area contributed by atoms with Crippen molar-refractivity contribution in [3.05, 3.63) is 56.7 Å². The molecular weight excluding hydrogens is 375 g/mol. The smallest absolute Gasteiger partial charge is 0.416 e. The van der Waals surface area contributed by atoms with Gasteiger partial charge in [-0.1, -0.05) is 23.7 Å². The number of thiophene rings is 1. The molecule has 1 aliphatic rings. The third kappa shape index (κ3) is 3.83. The molecule has 1 aliphatic heterocycles. The predicted octanol–water partition coefficient (Wildman–Crippen LogP) is 5.06. The molecule has 8 heteroatoms. The van der Waals surface area contributed by atoms with Gasteiger partial charge in [-0.2, -0.15) is 13.2 Å². The van der Waals surface area contributed by atoms with E-state index in [0.29, 0.717) is 29.3 Å². The first kappa shape index (κ1) is 18.2. The summed E-state index contributed by atoms with van der Waals surface area (Å²) in [5.41, 5.74) is -0.329. The van der Waals surface area contributed by atoms with Crippen molar-refractivity contribution in [2.24, 2.45) is 0 Å². The molecule has 0 spiro atoms. The third-order valence-electron chi connectivity index (χ3n) is 4.30. The fourth-order valence-electron chi connectivity index (χ4n) is 3.24. The Balaban J connectivity index is 2.08. The number of hydrogen-bond acceptors (Lipinski definition) is 3. The monoisotopic (exact) mass is 389 g/mol. The molecule has 134 valence electrons. The van der Waals surface area contributed by atoms with Crippen LogP contribution in [0.2, 0.25) is 4.34 Å². The molecule has 0 aliphatic carbocycles. The van der Waals surface area contributed by atoms with Gasteiger partial charge in [0, 0.05) is 11.4 Å². The number of benzene rings is 1. The Morgan fingerprint density at radius 3 is 2.68 bits per heavy atom. The van der Waals surface area contributed by atoms with Gasteiger partial charge in [-0.25, -0.2) is 0 Å². The van der Waals surface area contributed by atoms with E-state index in [1.54, 1.807) is 23.1 Å². The minimum atomic E-state index is -4.45. The standard InChI is InChI=1S/C17H15ClF3NO2S/c18-14-7-6-13(25-14)15(22-8-2-5-12(22)16(23)24)10-3-1-4-11(9-10)17(19,20)21/h1,3-4,6-7,9,12,15H,2,5,8H2,(H,23,24). The zero-order valence-corrected chi connectivity index (χ0v) is 14.5. The van der Waals surface area contributed by atoms with Crippen molar-refractivity contribution in [2.75, 3.05) is 6.54 Å². The molecule has 1 fully saturated rings. The highest BCUT2D eigenvalue weighted by Gasteiger charge is 2.38. The van der Waals surface area contributed by atoms with Crippen molar-refractivity contribution in [1.29, 1.82) is 0 Å².